The number of ether oxygens (including phenoxy) is 1. The lowest BCUT2D eigenvalue weighted by Crippen LogP contribution is -2.13. The molecule has 0 spiro atoms. The maximum absolute atomic E-state index is 12.3. The molecule has 1 heterocycles. The average Bonchev–Trinajstić information content (AvgIpc) is 3.15. The maximum atomic E-state index is 12.3. The van der Waals surface area contributed by atoms with Gasteiger partial charge in [0.1, 0.15) is 5.75 Å². The third-order valence-electron chi connectivity index (χ3n) is 3.22. The SMILES string of the molecule is O=C(O)COc1cccc(C(=O)Nc2ccc(-c3ncon3)cc2)c1. The summed E-state index contributed by atoms with van der Waals surface area (Å²) in [7, 11) is 0. The lowest BCUT2D eigenvalue weighted by molar-refractivity contribution is -0.139. The van der Waals surface area contributed by atoms with Crippen LogP contribution in [0, 0.1) is 0 Å². The van der Waals surface area contributed by atoms with Gasteiger partial charge in [0.05, 0.1) is 0 Å². The second-order valence-corrected chi connectivity index (χ2v) is 5.00. The van der Waals surface area contributed by atoms with E-state index in [2.05, 4.69) is 20.0 Å². The number of anilines is 1. The molecule has 0 unspecified atom stereocenters. The summed E-state index contributed by atoms with van der Waals surface area (Å²) in [5, 5.41) is 15.1. The van der Waals surface area contributed by atoms with Gasteiger partial charge in [-0.2, -0.15) is 4.98 Å². The van der Waals surface area contributed by atoms with Gasteiger partial charge in [0.15, 0.2) is 6.61 Å². The van der Waals surface area contributed by atoms with Gasteiger partial charge in [-0.25, -0.2) is 4.79 Å². The highest BCUT2D eigenvalue weighted by atomic mass is 16.5. The molecule has 8 heteroatoms. The first-order valence-electron chi connectivity index (χ1n) is 7.24. The van der Waals surface area contributed by atoms with Gasteiger partial charge in [0.25, 0.3) is 5.91 Å². The number of carboxylic acid groups (broad SMARTS) is 1. The molecule has 2 aromatic carbocycles. The average molecular weight is 339 g/mol. The minimum Gasteiger partial charge on any atom is -0.482 e. The molecule has 8 nitrogen and oxygen atoms in total. The van der Waals surface area contributed by atoms with Crippen LogP contribution in [0.5, 0.6) is 5.75 Å². The lowest BCUT2D eigenvalue weighted by Gasteiger charge is -2.08. The van der Waals surface area contributed by atoms with Gasteiger partial charge in [0, 0.05) is 16.8 Å². The largest absolute Gasteiger partial charge is 0.482 e. The molecule has 0 radical (unpaired) electrons. The second-order valence-electron chi connectivity index (χ2n) is 5.00. The number of nitrogens with zero attached hydrogens (tertiary/aromatic N) is 2. The molecule has 0 aliphatic carbocycles. The van der Waals surface area contributed by atoms with Crippen LogP contribution in [0.15, 0.2) is 59.4 Å². The second kappa shape index (κ2) is 7.26. The molecule has 0 fully saturated rings. The zero-order chi connectivity index (χ0) is 17.6. The molecule has 3 rings (SSSR count). The number of carboxylic acids is 1. The fourth-order valence-corrected chi connectivity index (χ4v) is 2.08. The van der Waals surface area contributed by atoms with Crippen LogP contribution in [0.3, 0.4) is 0 Å². The molecule has 3 aromatic rings. The fourth-order valence-electron chi connectivity index (χ4n) is 2.08. The molecule has 0 aliphatic heterocycles. The summed E-state index contributed by atoms with van der Waals surface area (Å²) in [6.07, 6.45) is 1.24. The Hall–Kier alpha value is -3.68. The first kappa shape index (κ1) is 16.2. The van der Waals surface area contributed by atoms with Crippen molar-refractivity contribution in [3.8, 4) is 17.1 Å². The van der Waals surface area contributed by atoms with Gasteiger partial charge in [-0.1, -0.05) is 11.2 Å². The number of amides is 1. The first-order chi connectivity index (χ1) is 12.1. The predicted molar refractivity (Wildman–Crippen MR) is 87.3 cm³/mol. The highest BCUT2D eigenvalue weighted by Gasteiger charge is 2.09. The van der Waals surface area contributed by atoms with Crippen LogP contribution in [0.4, 0.5) is 5.69 Å². The standard InChI is InChI=1S/C17H13N3O5/c21-15(22)9-24-14-3-1-2-12(8-14)17(23)19-13-6-4-11(5-7-13)16-18-10-25-20-16/h1-8,10H,9H2,(H,19,23)(H,21,22). The summed E-state index contributed by atoms with van der Waals surface area (Å²) in [5.41, 5.74) is 1.70. The molecule has 0 saturated heterocycles. The van der Waals surface area contributed by atoms with Crippen LogP contribution < -0.4 is 10.1 Å². The molecular weight excluding hydrogens is 326 g/mol. The van der Waals surface area contributed by atoms with E-state index < -0.39 is 12.6 Å². The smallest absolute Gasteiger partial charge is 0.341 e. The highest BCUT2D eigenvalue weighted by Crippen LogP contribution is 2.19. The summed E-state index contributed by atoms with van der Waals surface area (Å²) in [6, 6.07) is 13.2. The van der Waals surface area contributed by atoms with Crippen molar-refractivity contribution >= 4 is 17.6 Å². The number of benzene rings is 2. The molecule has 126 valence electrons. The quantitative estimate of drug-likeness (QED) is 0.709. The number of nitrogens with one attached hydrogen (secondary N) is 1. The Morgan fingerprint density at radius 3 is 2.64 bits per heavy atom. The maximum Gasteiger partial charge on any atom is 0.341 e. The van der Waals surface area contributed by atoms with E-state index in [1.807, 2.05) is 0 Å². The van der Waals surface area contributed by atoms with Crippen LogP contribution in [-0.4, -0.2) is 33.7 Å². The van der Waals surface area contributed by atoms with Crippen molar-refractivity contribution in [2.45, 2.75) is 0 Å². The Kier molecular flexibility index (Phi) is 4.70. The molecule has 0 bridgehead atoms. The lowest BCUT2D eigenvalue weighted by atomic mass is 10.1. The van der Waals surface area contributed by atoms with Crippen LogP contribution in [0.25, 0.3) is 11.4 Å². The number of hydrogen-bond donors (Lipinski definition) is 2. The van der Waals surface area contributed by atoms with E-state index in [0.29, 0.717) is 22.8 Å². The Morgan fingerprint density at radius 1 is 1.16 bits per heavy atom. The molecule has 0 atom stereocenters. The summed E-state index contributed by atoms with van der Waals surface area (Å²) in [5.74, 6) is -0.659. The van der Waals surface area contributed by atoms with Crippen molar-refractivity contribution in [3.05, 3.63) is 60.5 Å². The summed E-state index contributed by atoms with van der Waals surface area (Å²) in [4.78, 5) is 26.8. The summed E-state index contributed by atoms with van der Waals surface area (Å²) < 4.78 is 9.75. The van der Waals surface area contributed by atoms with Gasteiger partial charge in [-0.05, 0) is 42.5 Å². The van der Waals surface area contributed by atoms with E-state index in [4.69, 9.17) is 9.84 Å². The summed E-state index contributed by atoms with van der Waals surface area (Å²) in [6.45, 7) is -0.470. The molecule has 0 saturated carbocycles. The first-order valence-corrected chi connectivity index (χ1v) is 7.24. The van der Waals surface area contributed by atoms with E-state index in [9.17, 15) is 9.59 Å². The van der Waals surface area contributed by atoms with Crippen molar-refractivity contribution in [1.82, 2.24) is 10.1 Å². The van der Waals surface area contributed by atoms with Crippen LogP contribution in [-0.2, 0) is 4.79 Å². The fraction of sp³-hybridized carbons (Fsp3) is 0.0588. The van der Waals surface area contributed by atoms with E-state index in [1.54, 1.807) is 42.5 Å². The van der Waals surface area contributed by atoms with Crippen LogP contribution >= 0.6 is 0 Å². The van der Waals surface area contributed by atoms with Crippen molar-refractivity contribution < 1.29 is 24.0 Å². The molecule has 0 aliphatic rings. The van der Waals surface area contributed by atoms with Gasteiger partial charge in [0.2, 0.25) is 12.2 Å². The number of carbonyl (C=O) groups is 2. The number of aromatic nitrogens is 2. The van der Waals surface area contributed by atoms with Gasteiger partial charge in [-0.3, -0.25) is 4.79 Å². The Bertz CT molecular complexity index is 876. The zero-order valence-electron chi connectivity index (χ0n) is 12.9. The van der Waals surface area contributed by atoms with Gasteiger partial charge >= 0.3 is 5.97 Å². The Balaban J connectivity index is 1.67. The number of hydrogen-bond acceptors (Lipinski definition) is 6. The van der Waals surface area contributed by atoms with Crippen molar-refractivity contribution in [3.63, 3.8) is 0 Å². The van der Waals surface area contributed by atoms with Crippen LogP contribution in [0.2, 0.25) is 0 Å². The topological polar surface area (TPSA) is 115 Å². The van der Waals surface area contributed by atoms with E-state index >= 15 is 0 Å². The number of aliphatic carboxylic acids is 1. The normalized spacial score (nSPS) is 10.2. The minimum atomic E-state index is -1.09. The van der Waals surface area contributed by atoms with Crippen LogP contribution in [0.1, 0.15) is 10.4 Å². The van der Waals surface area contributed by atoms with Crippen molar-refractivity contribution in [2.24, 2.45) is 0 Å². The van der Waals surface area contributed by atoms with Gasteiger partial charge in [-0.15, -0.1) is 0 Å². The molecule has 2 N–H and O–H groups in total. The minimum absolute atomic E-state index is 0.308. The molecule has 25 heavy (non-hydrogen) atoms. The van der Waals surface area contributed by atoms with Crippen molar-refractivity contribution in [2.75, 3.05) is 11.9 Å². The van der Waals surface area contributed by atoms with Crippen molar-refractivity contribution in [1.29, 1.82) is 0 Å². The van der Waals surface area contributed by atoms with E-state index in [-0.39, 0.29) is 5.91 Å². The van der Waals surface area contributed by atoms with E-state index in [0.717, 1.165) is 5.56 Å². The zero-order valence-corrected chi connectivity index (χ0v) is 12.9. The molecular formula is C17H13N3O5. The number of carbonyl (C=O) groups excluding carboxylic acids is 1. The summed E-state index contributed by atoms with van der Waals surface area (Å²) >= 11 is 0. The third-order valence-corrected chi connectivity index (χ3v) is 3.22. The number of rotatable bonds is 6. The molecule has 1 aromatic heterocycles. The monoisotopic (exact) mass is 339 g/mol. The Morgan fingerprint density at radius 2 is 1.96 bits per heavy atom. The predicted octanol–water partition coefficient (Wildman–Crippen LogP) is 2.45. The third kappa shape index (κ3) is 4.20. The Labute approximate surface area is 142 Å². The van der Waals surface area contributed by atoms with E-state index in [1.165, 1.54) is 12.5 Å². The highest BCUT2D eigenvalue weighted by molar-refractivity contribution is 6.04. The molecule has 1 amide bonds. The van der Waals surface area contributed by atoms with Gasteiger partial charge < -0.3 is 19.7 Å².